The van der Waals surface area contributed by atoms with E-state index in [0.717, 1.165) is 26.3 Å². The number of nitrogens with one attached hydrogen (secondary N) is 1. The molecule has 0 bridgehead atoms. The number of aliphatic hydroxyl groups is 1. The Hall–Kier alpha value is -0.160. The minimum Gasteiger partial charge on any atom is -0.394 e. The van der Waals surface area contributed by atoms with E-state index in [0.29, 0.717) is 19.1 Å². The third kappa shape index (κ3) is 5.21. The molecule has 1 saturated heterocycles. The van der Waals surface area contributed by atoms with Crippen LogP contribution in [0.4, 0.5) is 0 Å². The van der Waals surface area contributed by atoms with Crippen LogP contribution in [0.1, 0.15) is 6.42 Å². The first kappa shape index (κ1) is 10.9. The molecule has 1 rings (SSSR count). The number of hydrogen-bond donors (Lipinski definition) is 2. The highest BCUT2D eigenvalue weighted by Gasteiger charge is 2.14. The van der Waals surface area contributed by atoms with Crippen LogP contribution >= 0.6 is 0 Å². The molecule has 0 radical (unpaired) electrons. The monoisotopic (exact) mass is 189 g/mol. The molecule has 1 aliphatic heterocycles. The fraction of sp³-hybridized carbons (Fsp3) is 1.00. The Morgan fingerprint density at radius 1 is 1.46 bits per heavy atom. The van der Waals surface area contributed by atoms with Gasteiger partial charge in [-0.05, 0) is 12.3 Å². The summed E-state index contributed by atoms with van der Waals surface area (Å²) in [5.74, 6) is 0.679. The molecule has 0 aromatic carbocycles. The maximum Gasteiger partial charge on any atom is 0.0698 e. The third-order valence-corrected chi connectivity index (χ3v) is 2.12. The molecule has 1 fully saturated rings. The van der Waals surface area contributed by atoms with E-state index < -0.39 is 0 Å². The van der Waals surface area contributed by atoms with Crippen LogP contribution in [0, 0.1) is 5.92 Å². The summed E-state index contributed by atoms with van der Waals surface area (Å²) < 4.78 is 10.4. The lowest BCUT2D eigenvalue weighted by atomic mass is 10.1. The predicted octanol–water partition coefficient (Wildman–Crippen LogP) is -0.379. The first-order chi connectivity index (χ1) is 6.43. The van der Waals surface area contributed by atoms with E-state index in [1.807, 2.05) is 0 Å². The maximum atomic E-state index is 8.43. The second-order valence-corrected chi connectivity index (χ2v) is 3.27. The fourth-order valence-corrected chi connectivity index (χ4v) is 1.36. The Bertz CT molecular complexity index is 115. The molecular formula is C9H19NO3. The smallest absolute Gasteiger partial charge is 0.0698 e. The van der Waals surface area contributed by atoms with Gasteiger partial charge in [-0.3, -0.25) is 0 Å². The molecule has 0 aromatic heterocycles. The number of hydrogen-bond acceptors (Lipinski definition) is 4. The molecule has 2 N–H and O–H groups in total. The first-order valence-electron chi connectivity index (χ1n) is 4.90. The van der Waals surface area contributed by atoms with Crippen LogP contribution in [-0.2, 0) is 9.47 Å². The zero-order valence-corrected chi connectivity index (χ0v) is 8.00. The molecular weight excluding hydrogens is 170 g/mol. The summed E-state index contributed by atoms with van der Waals surface area (Å²) in [6.07, 6.45) is 1.17. The van der Waals surface area contributed by atoms with E-state index in [2.05, 4.69) is 5.32 Å². The van der Waals surface area contributed by atoms with Crippen molar-refractivity contribution in [2.24, 2.45) is 5.92 Å². The van der Waals surface area contributed by atoms with Crippen molar-refractivity contribution in [2.75, 3.05) is 46.1 Å². The van der Waals surface area contributed by atoms with Gasteiger partial charge < -0.3 is 19.9 Å². The van der Waals surface area contributed by atoms with E-state index >= 15 is 0 Å². The average molecular weight is 189 g/mol. The van der Waals surface area contributed by atoms with Crippen LogP contribution in [0.15, 0.2) is 0 Å². The van der Waals surface area contributed by atoms with E-state index in [9.17, 15) is 0 Å². The molecule has 1 aliphatic rings. The van der Waals surface area contributed by atoms with E-state index in [4.69, 9.17) is 14.6 Å². The number of aliphatic hydroxyl groups excluding tert-OH is 1. The largest absolute Gasteiger partial charge is 0.394 e. The lowest BCUT2D eigenvalue weighted by Gasteiger charge is -2.08. The molecule has 4 nitrogen and oxygen atoms in total. The predicted molar refractivity (Wildman–Crippen MR) is 49.7 cm³/mol. The van der Waals surface area contributed by atoms with Crippen molar-refractivity contribution in [2.45, 2.75) is 6.42 Å². The van der Waals surface area contributed by atoms with Crippen LogP contribution in [0.2, 0.25) is 0 Å². The minimum atomic E-state index is 0.108. The van der Waals surface area contributed by atoms with Crippen molar-refractivity contribution < 1.29 is 14.6 Å². The second-order valence-electron chi connectivity index (χ2n) is 3.27. The van der Waals surface area contributed by atoms with Crippen LogP contribution in [0.5, 0.6) is 0 Å². The fourth-order valence-electron chi connectivity index (χ4n) is 1.36. The zero-order valence-electron chi connectivity index (χ0n) is 8.00. The van der Waals surface area contributed by atoms with Crippen molar-refractivity contribution in [1.29, 1.82) is 0 Å². The van der Waals surface area contributed by atoms with E-state index in [1.165, 1.54) is 6.42 Å². The SMILES string of the molecule is OCCOCCNCC1CCOC1. The molecule has 1 heterocycles. The van der Waals surface area contributed by atoms with Crippen molar-refractivity contribution in [3.8, 4) is 0 Å². The summed E-state index contributed by atoms with van der Waals surface area (Å²) in [5, 5.41) is 11.7. The van der Waals surface area contributed by atoms with Crippen LogP contribution in [-0.4, -0.2) is 51.2 Å². The molecule has 0 spiro atoms. The summed E-state index contributed by atoms with van der Waals surface area (Å²) in [6, 6.07) is 0. The van der Waals surface area contributed by atoms with Gasteiger partial charge >= 0.3 is 0 Å². The highest BCUT2D eigenvalue weighted by atomic mass is 16.5. The van der Waals surface area contributed by atoms with Gasteiger partial charge in [0.05, 0.1) is 26.4 Å². The molecule has 78 valence electrons. The molecule has 0 amide bonds. The molecule has 13 heavy (non-hydrogen) atoms. The molecule has 1 atom stereocenters. The standard InChI is InChI=1S/C9H19NO3/c11-3-6-12-5-2-10-7-9-1-4-13-8-9/h9-11H,1-8H2. The molecule has 0 aliphatic carbocycles. The van der Waals surface area contributed by atoms with Gasteiger partial charge in [-0.15, -0.1) is 0 Å². The Kier molecular flexibility index (Phi) is 6.10. The number of rotatable bonds is 7. The molecule has 4 heteroatoms. The van der Waals surface area contributed by atoms with Gasteiger partial charge in [-0.25, -0.2) is 0 Å². The van der Waals surface area contributed by atoms with E-state index in [-0.39, 0.29) is 6.61 Å². The quantitative estimate of drug-likeness (QED) is 0.536. The number of ether oxygens (including phenoxy) is 2. The van der Waals surface area contributed by atoms with Crippen LogP contribution in [0.25, 0.3) is 0 Å². The molecule has 0 saturated carbocycles. The second kappa shape index (κ2) is 7.26. The van der Waals surface area contributed by atoms with Crippen LogP contribution < -0.4 is 5.32 Å². The van der Waals surface area contributed by atoms with E-state index in [1.54, 1.807) is 0 Å². The van der Waals surface area contributed by atoms with Gasteiger partial charge in [-0.2, -0.15) is 0 Å². The Morgan fingerprint density at radius 2 is 2.38 bits per heavy atom. The Morgan fingerprint density at radius 3 is 3.08 bits per heavy atom. The maximum absolute atomic E-state index is 8.43. The summed E-state index contributed by atoms with van der Waals surface area (Å²) in [4.78, 5) is 0. The van der Waals surface area contributed by atoms with Crippen molar-refractivity contribution in [3.05, 3.63) is 0 Å². The molecule has 0 aromatic rings. The first-order valence-corrected chi connectivity index (χ1v) is 4.90. The van der Waals surface area contributed by atoms with Gasteiger partial charge in [0.1, 0.15) is 0 Å². The van der Waals surface area contributed by atoms with Gasteiger partial charge in [0.2, 0.25) is 0 Å². The van der Waals surface area contributed by atoms with Gasteiger partial charge in [0, 0.05) is 19.7 Å². The van der Waals surface area contributed by atoms with Crippen molar-refractivity contribution in [3.63, 3.8) is 0 Å². The summed E-state index contributed by atoms with van der Waals surface area (Å²) in [5.41, 5.74) is 0. The van der Waals surface area contributed by atoms with Crippen LogP contribution in [0.3, 0.4) is 0 Å². The van der Waals surface area contributed by atoms with Gasteiger partial charge in [0.25, 0.3) is 0 Å². The average Bonchev–Trinajstić information content (AvgIpc) is 2.63. The highest BCUT2D eigenvalue weighted by Crippen LogP contribution is 2.10. The third-order valence-electron chi connectivity index (χ3n) is 2.12. The highest BCUT2D eigenvalue weighted by molar-refractivity contribution is 4.66. The lowest BCUT2D eigenvalue weighted by molar-refractivity contribution is 0.0933. The summed E-state index contributed by atoms with van der Waals surface area (Å²) >= 11 is 0. The Balaban J connectivity index is 1.78. The zero-order chi connectivity index (χ0) is 9.36. The lowest BCUT2D eigenvalue weighted by Crippen LogP contribution is -2.26. The topological polar surface area (TPSA) is 50.7 Å². The van der Waals surface area contributed by atoms with Gasteiger partial charge in [-0.1, -0.05) is 0 Å². The Labute approximate surface area is 79.2 Å². The summed E-state index contributed by atoms with van der Waals surface area (Å²) in [6.45, 7) is 4.90. The van der Waals surface area contributed by atoms with Crippen molar-refractivity contribution >= 4 is 0 Å². The molecule has 1 unspecified atom stereocenters. The minimum absolute atomic E-state index is 0.108. The normalized spacial score (nSPS) is 22.4. The summed E-state index contributed by atoms with van der Waals surface area (Å²) in [7, 11) is 0. The van der Waals surface area contributed by atoms with Gasteiger partial charge in [0.15, 0.2) is 0 Å². The van der Waals surface area contributed by atoms with Crippen molar-refractivity contribution in [1.82, 2.24) is 5.32 Å².